The molecule has 2 heterocycles. The third-order valence-electron chi connectivity index (χ3n) is 4.44. The van der Waals surface area contributed by atoms with E-state index in [1.165, 1.54) is 12.3 Å². The number of ether oxygens (including phenoxy) is 1. The maximum Gasteiger partial charge on any atom is 0.262 e. The lowest BCUT2D eigenvalue weighted by atomic mass is 10.1. The molecule has 0 radical (unpaired) electrons. The lowest BCUT2D eigenvalue weighted by Gasteiger charge is -2.15. The largest absolute Gasteiger partial charge is 0.494 e. The summed E-state index contributed by atoms with van der Waals surface area (Å²) in [6.07, 6.45) is 4.58. The summed E-state index contributed by atoms with van der Waals surface area (Å²) < 4.78 is 10.6. The van der Waals surface area contributed by atoms with E-state index in [0.717, 1.165) is 11.3 Å². The Morgan fingerprint density at radius 3 is 2.72 bits per heavy atom. The van der Waals surface area contributed by atoms with E-state index in [4.69, 9.17) is 9.15 Å². The minimum Gasteiger partial charge on any atom is -0.494 e. The Labute approximate surface area is 168 Å². The number of likely N-dealkylation sites (tertiary alicyclic amines) is 1. The summed E-state index contributed by atoms with van der Waals surface area (Å²) in [5.41, 5.74) is 5.54. The molecule has 1 aliphatic heterocycles. The minimum atomic E-state index is -0.521. The van der Waals surface area contributed by atoms with Gasteiger partial charge in [-0.3, -0.25) is 25.2 Å². The van der Waals surface area contributed by atoms with Gasteiger partial charge in [0, 0.05) is 19.0 Å². The molecule has 0 bridgehead atoms. The zero-order chi connectivity index (χ0) is 20.6. The first-order valence-electron chi connectivity index (χ1n) is 9.36. The summed E-state index contributed by atoms with van der Waals surface area (Å²) in [7, 11) is 0. The highest BCUT2D eigenvalue weighted by atomic mass is 16.5. The van der Waals surface area contributed by atoms with Crippen molar-refractivity contribution in [1.29, 1.82) is 0 Å². The van der Waals surface area contributed by atoms with Gasteiger partial charge in [-0.25, -0.2) is 0 Å². The Hall–Kier alpha value is -3.55. The van der Waals surface area contributed by atoms with Crippen LogP contribution in [0.4, 0.5) is 0 Å². The fourth-order valence-electron chi connectivity index (χ4n) is 2.97. The van der Waals surface area contributed by atoms with Crippen LogP contribution < -0.4 is 15.6 Å². The van der Waals surface area contributed by atoms with E-state index < -0.39 is 17.7 Å². The molecule has 29 heavy (non-hydrogen) atoms. The Morgan fingerprint density at radius 1 is 1.24 bits per heavy atom. The number of hydrogen-bond acceptors (Lipinski definition) is 5. The van der Waals surface area contributed by atoms with Gasteiger partial charge >= 0.3 is 0 Å². The lowest BCUT2D eigenvalue weighted by molar-refractivity contribution is -0.130. The molecule has 8 heteroatoms. The predicted molar refractivity (Wildman–Crippen MR) is 105 cm³/mol. The molecule has 152 valence electrons. The van der Waals surface area contributed by atoms with E-state index in [0.29, 0.717) is 18.9 Å². The Morgan fingerprint density at radius 2 is 2.03 bits per heavy atom. The number of benzene rings is 1. The van der Waals surface area contributed by atoms with Gasteiger partial charge in [0.15, 0.2) is 0 Å². The van der Waals surface area contributed by atoms with E-state index in [1.54, 1.807) is 23.1 Å². The van der Waals surface area contributed by atoms with Crippen molar-refractivity contribution in [3.05, 3.63) is 60.1 Å². The topological polar surface area (TPSA) is 101 Å². The normalized spacial score (nSPS) is 16.2. The van der Waals surface area contributed by atoms with E-state index >= 15 is 0 Å². The van der Waals surface area contributed by atoms with Crippen molar-refractivity contribution in [2.45, 2.75) is 19.9 Å². The van der Waals surface area contributed by atoms with Crippen LogP contribution in [0, 0.1) is 5.92 Å². The van der Waals surface area contributed by atoms with Crippen molar-refractivity contribution in [3.8, 4) is 5.75 Å². The van der Waals surface area contributed by atoms with E-state index in [-0.39, 0.29) is 18.9 Å². The Bertz CT molecular complexity index is 874. The summed E-state index contributed by atoms with van der Waals surface area (Å²) >= 11 is 0. The van der Waals surface area contributed by atoms with E-state index in [2.05, 4.69) is 10.9 Å². The summed E-state index contributed by atoms with van der Waals surface area (Å²) in [6.45, 7) is 3.10. The predicted octanol–water partition coefficient (Wildman–Crippen LogP) is 1.89. The highest BCUT2D eigenvalue weighted by Gasteiger charge is 2.34. The van der Waals surface area contributed by atoms with Gasteiger partial charge < -0.3 is 14.1 Å². The van der Waals surface area contributed by atoms with Crippen molar-refractivity contribution in [2.75, 3.05) is 13.2 Å². The highest BCUT2D eigenvalue weighted by molar-refractivity contribution is 5.94. The van der Waals surface area contributed by atoms with Crippen molar-refractivity contribution in [2.24, 2.45) is 5.92 Å². The second-order valence-electron chi connectivity index (χ2n) is 6.57. The number of amides is 3. The number of hydrazine groups is 1. The summed E-state index contributed by atoms with van der Waals surface area (Å²) in [6, 6.07) is 10.8. The van der Waals surface area contributed by atoms with Crippen LogP contribution in [0.25, 0.3) is 6.08 Å². The molecule has 0 spiro atoms. The number of hydrogen-bond donors (Lipinski definition) is 2. The van der Waals surface area contributed by atoms with Crippen molar-refractivity contribution < 1.29 is 23.5 Å². The van der Waals surface area contributed by atoms with Crippen LogP contribution in [0.1, 0.15) is 24.7 Å². The molecular formula is C21H23N3O5. The maximum atomic E-state index is 12.3. The summed E-state index contributed by atoms with van der Waals surface area (Å²) in [5.74, 6) is -0.0936. The second-order valence-corrected chi connectivity index (χ2v) is 6.57. The van der Waals surface area contributed by atoms with Crippen LogP contribution in [0.2, 0.25) is 0 Å². The molecule has 1 aromatic heterocycles. The maximum absolute atomic E-state index is 12.3. The molecular weight excluding hydrogens is 374 g/mol. The molecule has 0 aliphatic carbocycles. The molecule has 1 unspecified atom stereocenters. The van der Waals surface area contributed by atoms with Crippen LogP contribution in [0.15, 0.2) is 53.2 Å². The van der Waals surface area contributed by atoms with Gasteiger partial charge in [-0.05, 0) is 42.8 Å². The second kappa shape index (κ2) is 9.59. The summed E-state index contributed by atoms with van der Waals surface area (Å²) in [4.78, 5) is 37.8. The van der Waals surface area contributed by atoms with Gasteiger partial charge in [0.2, 0.25) is 11.8 Å². The number of furan rings is 1. The molecule has 1 fully saturated rings. The fraction of sp³-hybridized carbons (Fsp3) is 0.286. The molecule has 3 amide bonds. The van der Waals surface area contributed by atoms with Crippen LogP contribution in [0.5, 0.6) is 5.75 Å². The van der Waals surface area contributed by atoms with Crippen LogP contribution in [-0.2, 0) is 20.9 Å². The average Bonchev–Trinajstić information content (AvgIpc) is 3.36. The lowest BCUT2D eigenvalue weighted by Crippen LogP contribution is -2.44. The third-order valence-corrected chi connectivity index (χ3v) is 4.44. The molecule has 1 saturated heterocycles. The number of rotatable bonds is 7. The van der Waals surface area contributed by atoms with Gasteiger partial charge in [0.1, 0.15) is 11.5 Å². The first-order valence-corrected chi connectivity index (χ1v) is 9.36. The first kappa shape index (κ1) is 20.2. The molecule has 2 aromatic rings. The third kappa shape index (κ3) is 5.71. The van der Waals surface area contributed by atoms with Crippen LogP contribution in [0.3, 0.4) is 0 Å². The zero-order valence-electron chi connectivity index (χ0n) is 16.1. The SMILES string of the molecule is CCOc1ccc(/C=C/C(=O)NNC(=O)C2CC(=O)N(Cc3ccco3)C2)cc1. The fourth-order valence-corrected chi connectivity index (χ4v) is 2.97. The first-order chi connectivity index (χ1) is 14.0. The quantitative estimate of drug-likeness (QED) is 0.549. The van der Waals surface area contributed by atoms with Crippen molar-refractivity contribution in [1.82, 2.24) is 15.8 Å². The monoisotopic (exact) mass is 397 g/mol. The molecule has 1 aromatic carbocycles. The summed E-state index contributed by atoms with van der Waals surface area (Å²) in [5, 5.41) is 0. The average molecular weight is 397 g/mol. The smallest absolute Gasteiger partial charge is 0.262 e. The molecule has 1 atom stereocenters. The van der Waals surface area contributed by atoms with Crippen LogP contribution >= 0.6 is 0 Å². The standard InChI is InChI=1S/C21H23N3O5/c1-2-28-17-8-5-15(6-9-17)7-10-19(25)22-23-21(27)16-12-20(26)24(13-16)14-18-4-3-11-29-18/h3-11,16H,2,12-14H2,1H3,(H,22,25)(H,23,27)/b10-7+. The number of carbonyl (C=O) groups is 3. The Kier molecular flexibility index (Phi) is 6.67. The van der Waals surface area contributed by atoms with Crippen LogP contribution in [-0.4, -0.2) is 35.8 Å². The Balaban J connectivity index is 1.43. The number of nitrogens with one attached hydrogen (secondary N) is 2. The van der Waals surface area contributed by atoms with E-state index in [1.807, 2.05) is 31.2 Å². The van der Waals surface area contributed by atoms with Crippen molar-refractivity contribution >= 4 is 23.8 Å². The molecule has 2 N–H and O–H groups in total. The minimum absolute atomic E-state index is 0.102. The highest BCUT2D eigenvalue weighted by Crippen LogP contribution is 2.20. The molecule has 3 rings (SSSR count). The van der Waals surface area contributed by atoms with Gasteiger partial charge in [-0.1, -0.05) is 12.1 Å². The van der Waals surface area contributed by atoms with E-state index in [9.17, 15) is 14.4 Å². The van der Waals surface area contributed by atoms with Gasteiger partial charge in [-0.15, -0.1) is 0 Å². The molecule has 8 nitrogen and oxygen atoms in total. The zero-order valence-corrected chi connectivity index (χ0v) is 16.1. The molecule has 1 aliphatic rings. The van der Waals surface area contributed by atoms with Gasteiger partial charge in [-0.2, -0.15) is 0 Å². The number of carbonyl (C=O) groups excluding carboxylic acids is 3. The molecule has 0 saturated carbocycles. The van der Waals surface area contributed by atoms with Gasteiger partial charge in [0.25, 0.3) is 5.91 Å². The van der Waals surface area contributed by atoms with Gasteiger partial charge in [0.05, 0.1) is 25.3 Å². The van der Waals surface area contributed by atoms with Crippen molar-refractivity contribution in [3.63, 3.8) is 0 Å². The number of nitrogens with zero attached hydrogens (tertiary/aromatic N) is 1.